The third-order valence-electron chi connectivity index (χ3n) is 3.75. The highest BCUT2D eigenvalue weighted by atomic mass is 19.1. The van der Waals surface area contributed by atoms with E-state index in [0.717, 1.165) is 18.4 Å². The van der Waals surface area contributed by atoms with Crippen LogP contribution < -0.4 is 11.1 Å². The minimum absolute atomic E-state index is 0.244. The molecule has 0 radical (unpaired) electrons. The molecule has 18 heavy (non-hydrogen) atoms. The summed E-state index contributed by atoms with van der Waals surface area (Å²) in [6.07, 6.45) is 2.19. The number of hydrogen-bond donors (Lipinski definition) is 2. The fraction of sp³-hybridized carbons (Fsp3) is 0.500. The molecule has 1 aromatic rings. The van der Waals surface area contributed by atoms with Crippen molar-refractivity contribution in [3.8, 4) is 0 Å². The third kappa shape index (κ3) is 2.53. The van der Waals surface area contributed by atoms with Crippen molar-refractivity contribution in [3.63, 3.8) is 0 Å². The van der Waals surface area contributed by atoms with Crippen molar-refractivity contribution in [2.75, 3.05) is 6.54 Å². The number of hydrogen-bond acceptors (Lipinski definition) is 2. The molecule has 1 unspecified atom stereocenters. The van der Waals surface area contributed by atoms with Crippen LogP contribution in [0.2, 0.25) is 0 Å². The van der Waals surface area contributed by atoms with Crippen LogP contribution >= 0.6 is 0 Å². The van der Waals surface area contributed by atoms with Crippen LogP contribution in [0.5, 0.6) is 0 Å². The van der Waals surface area contributed by atoms with Crippen LogP contribution in [-0.4, -0.2) is 18.0 Å². The maximum Gasteiger partial charge on any atom is 0.252 e. The lowest BCUT2D eigenvalue weighted by Gasteiger charge is -2.29. The molecule has 0 saturated heterocycles. The number of aryl methyl sites for hydroxylation is 1. The zero-order valence-corrected chi connectivity index (χ0v) is 10.8. The standard InChI is InChI=1S/C14H19FN2O/c1-9-3-6-11(15)7-12(9)13(18)17-14(2,8-16)10-4-5-10/h3,6-7,10H,4-5,8,16H2,1-2H3,(H,17,18). The molecule has 0 spiro atoms. The van der Waals surface area contributed by atoms with Gasteiger partial charge in [0.2, 0.25) is 0 Å². The number of amides is 1. The van der Waals surface area contributed by atoms with E-state index >= 15 is 0 Å². The van der Waals surface area contributed by atoms with Crippen molar-refractivity contribution >= 4 is 5.91 Å². The van der Waals surface area contributed by atoms with Crippen molar-refractivity contribution in [2.45, 2.75) is 32.2 Å². The quantitative estimate of drug-likeness (QED) is 0.858. The van der Waals surface area contributed by atoms with E-state index < -0.39 is 5.82 Å². The fourth-order valence-corrected chi connectivity index (χ4v) is 2.21. The molecule has 1 aliphatic rings. The van der Waals surface area contributed by atoms with Crippen molar-refractivity contribution in [1.82, 2.24) is 5.32 Å². The number of carbonyl (C=O) groups excluding carboxylic acids is 1. The summed E-state index contributed by atoms with van der Waals surface area (Å²) in [5.74, 6) is -0.196. The predicted octanol–water partition coefficient (Wildman–Crippen LogP) is 1.99. The van der Waals surface area contributed by atoms with Gasteiger partial charge in [0.15, 0.2) is 0 Å². The summed E-state index contributed by atoms with van der Waals surface area (Å²) < 4.78 is 13.2. The number of rotatable bonds is 4. The summed E-state index contributed by atoms with van der Waals surface area (Å²) in [6.45, 7) is 4.15. The highest BCUT2D eigenvalue weighted by Crippen LogP contribution is 2.39. The topological polar surface area (TPSA) is 55.1 Å². The van der Waals surface area contributed by atoms with E-state index in [-0.39, 0.29) is 11.4 Å². The summed E-state index contributed by atoms with van der Waals surface area (Å²) in [7, 11) is 0. The second-order valence-corrected chi connectivity index (χ2v) is 5.31. The molecule has 98 valence electrons. The smallest absolute Gasteiger partial charge is 0.252 e. The first-order valence-corrected chi connectivity index (χ1v) is 6.25. The molecule has 4 heteroatoms. The Bertz CT molecular complexity index is 471. The molecule has 3 nitrogen and oxygen atoms in total. The second kappa shape index (κ2) is 4.69. The summed E-state index contributed by atoms with van der Waals surface area (Å²) >= 11 is 0. The van der Waals surface area contributed by atoms with Gasteiger partial charge >= 0.3 is 0 Å². The zero-order valence-electron chi connectivity index (χ0n) is 10.8. The van der Waals surface area contributed by atoms with Gasteiger partial charge in [-0.1, -0.05) is 6.07 Å². The molecule has 0 aromatic heterocycles. The molecule has 0 heterocycles. The Balaban J connectivity index is 2.18. The van der Waals surface area contributed by atoms with E-state index in [1.165, 1.54) is 12.1 Å². The molecular formula is C14H19FN2O. The largest absolute Gasteiger partial charge is 0.345 e. The monoisotopic (exact) mass is 250 g/mol. The van der Waals surface area contributed by atoms with E-state index in [1.807, 2.05) is 6.92 Å². The lowest BCUT2D eigenvalue weighted by molar-refractivity contribution is 0.0896. The maximum atomic E-state index is 13.2. The molecule has 1 saturated carbocycles. The van der Waals surface area contributed by atoms with Gasteiger partial charge in [0.05, 0.1) is 5.54 Å². The molecule has 2 rings (SSSR count). The van der Waals surface area contributed by atoms with E-state index in [0.29, 0.717) is 18.0 Å². The summed E-state index contributed by atoms with van der Waals surface area (Å²) in [6, 6.07) is 4.24. The van der Waals surface area contributed by atoms with Crippen molar-refractivity contribution < 1.29 is 9.18 Å². The average Bonchev–Trinajstić information content (AvgIpc) is 3.16. The molecule has 1 fully saturated rings. The Morgan fingerprint density at radius 2 is 2.22 bits per heavy atom. The van der Waals surface area contributed by atoms with Crippen LogP contribution in [0.3, 0.4) is 0 Å². The van der Waals surface area contributed by atoms with Crippen molar-refractivity contribution in [2.24, 2.45) is 11.7 Å². The lowest BCUT2D eigenvalue weighted by atomic mass is 9.95. The van der Waals surface area contributed by atoms with Crippen LogP contribution in [0.25, 0.3) is 0 Å². The molecular weight excluding hydrogens is 231 g/mol. The normalized spacial score (nSPS) is 18.2. The highest BCUT2D eigenvalue weighted by molar-refractivity contribution is 5.96. The van der Waals surface area contributed by atoms with E-state index in [9.17, 15) is 9.18 Å². The Kier molecular flexibility index (Phi) is 3.39. The van der Waals surface area contributed by atoms with Gasteiger partial charge in [-0.15, -0.1) is 0 Å². The number of carbonyl (C=O) groups is 1. The zero-order chi connectivity index (χ0) is 13.3. The van der Waals surface area contributed by atoms with Crippen LogP contribution in [0.4, 0.5) is 4.39 Å². The summed E-state index contributed by atoms with van der Waals surface area (Å²) in [4.78, 5) is 12.2. The van der Waals surface area contributed by atoms with Gasteiger partial charge in [0.25, 0.3) is 5.91 Å². The predicted molar refractivity (Wildman–Crippen MR) is 68.8 cm³/mol. The molecule has 0 aliphatic heterocycles. The number of nitrogens with one attached hydrogen (secondary N) is 1. The minimum atomic E-state index is -0.397. The second-order valence-electron chi connectivity index (χ2n) is 5.31. The van der Waals surface area contributed by atoms with Gasteiger partial charge in [-0.2, -0.15) is 0 Å². The Morgan fingerprint density at radius 3 is 2.78 bits per heavy atom. The van der Waals surface area contributed by atoms with E-state index in [2.05, 4.69) is 5.32 Å². The van der Waals surface area contributed by atoms with Gasteiger partial charge in [-0.3, -0.25) is 4.79 Å². The first-order chi connectivity index (χ1) is 8.46. The molecule has 3 N–H and O–H groups in total. The molecule has 1 aliphatic carbocycles. The first-order valence-electron chi connectivity index (χ1n) is 6.25. The van der Waals surface area contributed by atoms with E-state index in [1.54, 1.807) is 13.0 Å². The molecule has 0 bridgehead atoms. The van der Waals surface area contributed by atoms with E-state index in [4.69, 9.17) is 5.73 Å². The third-order valence-corrected chi connectivity index (χ3v) is 3.75. The van der Waals surface area contributed by atoms with Gasteiger partial charge in [-0.05, 0) is 50.3 Å². The maximum absolute atomic E-state index is 13.2. The van der Waals surface area contributed by atoms with Crippen LogP contribution in [-0.2, 0) is 0 Å². The van der Waals surface area contributed by atoms with Crippen molar-refractivity contribution in [3.05, 3.63) is 35.1 Å². The van der Waals surface area contributed by atoms with Gasteiger partial charge in [-0.25, -0.2) is 4.39 Å². The highest BCUT2D eigenvalue weighted by Gasteiger charge is 2.41. The minimum Gasteiger partial charge on any atom is -0.345 e. The molecule has 1 aromatic carbocycles. The SMILES string of the molecule is Cc1ccc(F)cc1C(=O)NC(C)(CN)C1CC1. The Morgan fingerprint density at radius 1 is 1.56 bits per heavy atom. The lowest BCUT2D eigenvalue weighted by Crippen LogP contribution is -2.53. The average molecular weight is 250 g/mol. The summed E-state index contributed by atoms with van der Waals surface area (Å²) in [5.41, 5.74) is 6.53. The number of halogens is 1. The first kappa shape index (κ1) is 13.0. The number of benzene rings is 1. The molecule has 1 amide bonds. The van der Waals surface area contributed by atoms with Gasteiger partial charge in [0, 0.05) is 12.1 Å². The number of nitrogens with two attached hydrogens (primary N) is 1. The van der Waals surface area contributed by atoms with Gasteiger partial charge < -0.3 is 11.1 Å². The van der Waals surface area contributed by atoms with Crippen molar-refractivity contribution in [1.29, 1.82) is 0 Å². The van der Waals surface area contributed by atoms with Crippen LogP contribution in [0.1, 0.15) is 35.7 Å². The van der Waals surface area contributed by atoms with Crippen LogP contribution in [0, 0.1) is 18.7 Å². The Hall–Kier alpha value is -1.42. The van der Waals surface area contributed by atoms with Gasteiger partial charge in [0.1, 0.15) is 5.82 Å². The summed E-state index contributed by atoms with van der Waals surface area (Å²) in [5, 5.41) is 2.96. The Labute approximate surface area is 107 Å². The fourth-order valence-electron chi connectivity index (χ4n) is 2.21. The molecule has 1 atom stereocenters. The van der Waals surface area contributed by atoms with Crippen LogP contribution in [0.15, 0.2) is 18.2 Å².